The van der Waals surface area contributed by atoms with Crippen molar-refractivity contribution in [3.05, 3.63) is 18.2 Å². The van der Waals surface area contributed by atoms with Gasteiger partial charge >= 0.3 is 11.9 Å². The summed E-state index contributed by atoms with van der Waals surface area (Å²) >= 11 is 0. The average Bonchev–Trinajstić information content (AvgIpc) is 3.65. The molecule has 0 bridgehead atoms. The van der Waals surface area contributed by atoms with Gasteiger partial charge in [-0.1, -0.05) is 13.8 Å². The topological polar surface area (TPSA) is 452 Å². The Labute approximate surface area is 337 Å². The van der Waals surface area contributed by atoms with Crippen molar-refractivity contribution in [3.8, 4) is 0 Å². The van der Waals surface area contributed by atoms with E-state index in [0.29, 0.717) is 0 Å². The van der Waals surface area contributed by atoms with E-state index in [9.17, 15) is 63.6 Å². The number of carboxylic acids is 2. The van der Waals surface area contributed by atoms with E-state index < -0.39 is 121 Å². The minimum absolute atomic E-state index is 0.0774. The summed E-state index contributed by atoms with van der Waals surface area (Å²) in [5.74, 6) is -11.2. The van der Waals surface area contributed by atoms with Crippen molar-refractivity contribution in [2.24, 2.45) is 33.8 Å². The second-order valence-corrected chi connectivity index (χ2v) is 13.8. The number of carboxylic acid groups (broad SMARTS) is 2. The summed E-state index contributed by atoms with van der Waals surface area (Å²) < 4.78 is 0. The molecule has 0 spiro atoms. The summed E-state index contributed by atoms with van der Waals surface area (Å²) in [4.78, 5) is 125. The number of hydrogen-bond acceptors (Lipinski definition) is 14. The highest BCUT2D eigenvalue weighted by Gasteiger charge is 2.36. The SMILES string of the molecule is CC(C)C[C@H](NC(=O)[C@H](Cc1cnc[nH]1)NC(=O)[C@H](CC(=O)O)NC(=O)[C@H](CO)NC(=O)[C@@H](N)CCCN=C(N)N)C(=O)N[C@H](C(=O)N[C@@H](CC(N)=O)C(=O)O)[C@@H](C)O. The molecule has 0 aliphatic carbocycles. The van der Waals surface area contributed by atoms with Crippen LogP contribution in [-0.2, 0) is 49.6 Å². The maximum Gasteiger partial charge on any atom is 0.326 e. The van der Waals surface area contributed by atoms with Gasteiger partial charge in [-0.15, -0.1) is 0 Å². The Hall–Kier alpha value is -6.41. The van der Waals surface area contributed by atoms with Crippen molar-refractivity contribution in [2.45, 2.75) is 108 Å². The van der Waals surface area contributed by atoms with Crippen molar-refractivity contribution >= 4 is 59.2 Å². The van der Waals surface area contributed by atoms with Crippen LogP contribution in [0.15, 0.2) is 17.5 Å². The number of aliphatic imine (C=N–C) groups is 1. The number of primary amides is 1. The van der Waals surface area contributed by atoms with E-state index in [1.165, 1.54) is 12.5 Å². The van der Waals surface area contributed by atoms with Gasteiger partial charge in [0.05, 0.1) is 37.9 Å². The number of aliphatic carboxylic acids is 2. The van der Waals surface area contributed by atoms with E-state index in [-0.39, 0.29) is 49.8 Å². The van der Waals surface area contributed by atoms with Crippen molar-refractivity contribution in [3.63, 3.8) is 0 Å². The highest BCUT2D eigenvalue weighted by atomic mass is 16.4. The van der Waals surface area contributed by atoms with E-state index in [0.717, 1.165) is 6.92 Å². The largest absolute Gasteiger partial charge is 0.481 e. The predicted octanol–water partition coefficient (Wildman–Crippen LogP) is -6.90. The fraction of sp³-hybridized carbons (Fsp3) is 0.606. The van der Waals surface area contributed by atoms with Gasteiger partial charge in [0.25, 0.3) is 0 Å². The fourth-order valence-electron chi connectivity index (χ4n) is 5.17. The number of carbonyl (C=O) groups excluding carboxylic acids is 7. The zero-order chi connectivity index (χ0) is 45.0. The number of nitrogens with zero attached hydrogens (tertiary/aromatic N) is 2. The molecule has 19 N–H and O–H groups in total. The van der Waals surface area contributed by atoms with Crippen LogP contribution in [0.25, 0.3) is 0 Å². The number of imidazole rings is 1. The monoisotopic (exact) mass is 841 g/mol. The molecule has 8 atom stereocenters. The second kappa shape index (κ2) is 25.1. The molecule has 1 rings (SSSR count). The smallest absolute Gasteiger partial charge is 0.326 e. The van der Waals surface area contributed by atoms with Crippen LogP contribution in [0.3, 0.4) is 0 Å². The number of hydrogen-bond donors (Lipinski definition) is 15. The molecule has 0 saturated carbocycles. The number of H-pyrrole nitrogens is 1. The van der Waals surface area contributed by atoms with E-state index in [1.807, 2.05) is 5.32 Å². The molecule has 330 valence electrons. The van der Waals surface area contributed by atoms with Gasteiger partial charge in [-0.05, 0) is 32.1 Å². The van der Waals surface area contributed by atoms with Gasteiger partial charge in [-0.3, -0.25) is 43.3 Å². The molecule has 1 aromatic rings. The van der Waals surface area contributed by atoms with Gasteiger partial charge in [0.2, 0.25) is 41.4 Å². The Morgan fingerprint density at radius 1 is 0.746 bits per heavy atom. The molecule has 0 saturated heterocycles. The van der Waals surface area contributed by atoms with Crippen molar-refractivity contribution in [1.82, 2.24) is 41.9 Å². The number of aliphatic hydroxyl groups is 2. The standard InChI is InChI=1S/C33H55N13O13/c1-14(2)7-18(29(55)46-25(15(3)48)31(57)44-21(32(58)59)9-23(35)49)41-27(53)19(8-16-11-38-13-40-16)42-28(54)20(10-24(50)51)43-30(56)22(12-47)45-26(52)17(34)5-4-6-39-33(36)37/h11,13-15,17-22,25,47-48H,4-10,12,34H2,1-3H3,(H2,35,49)(H,38,40)(H,41,53)(H,42,54)(H,43,56)(H,44,57)(H,45,52)(H,46,55)(H,50,51)(H,58,59)(H4,36,37,39)/t15-,17+,18+,19+,20+,21+,22+,25+/m1/s1. The zero-order valence-electron chi connectivity index (χ0n) is 32.7. The molecule has 0 aliphatic rings. The third kappa shape index (κ3) is 19.1. The molecule has 1 heterocycles. The highest BCUT2D eigenvalue weighted by Crippen LogP contribution is 2.09. The molecule has 26 heteroatoms. The second-order valence-electron chi connectivity index (χ2n) is 13.8. The maximum atomic E-state index is 13.8. The van der Waals surface area contributed by atoms with Gasteiger partial charge in [0.15, 0.2) is 5.96 Å². The molecule has 59 heavy (non-hydrogen) atoms. The van der Waals surface area contributed by atoms with Gasteiger partial charge < -0.3 is 80.2 Å². The van der Waals surface area contributed by atoms with Crippen LogP contribution < -0.4 is 54.8 Å². The summed E-state index contributed by atoms with van der Waals surface area (Å²) in [6.07, 6.45) is -0.941. The van der Waals surface area contributed by atoms with Crippen LogP contribution in [0.2, 0.25) is 0 Å². The predicted molar refractivity (Wildman–Crippen MR) is 204 cm³/mol. The molecule has 0 aliphatic heterocycles. The highest BCUT2D eigenvalue weighted by molar-refractivity contribution is 5.98. The molecule has 26 nitrogen and oxygen atoms in total. The summed E-state index contributed by atoms with van der Waals surface area (Å²) in [6, 6.07) is -11.4. The van der Waals surface area contributed by atoms with Gasteiger partial charge in [0, 0.05) is 24.9 Å². The minimum atomic E-state index is -1.89. The first-order valence-electron chi connectivity index (χ1n) is 18.2. The number of amides is 7. The van der Waals surface area contributed by atoms with Gasteiger partial charge in [-0.2, -0.15) is 0 Å². The van der Waals surface area contributed by atoms with E-state index in [1.54, 1.807) is 13.8 Å². The molecule has 7 amide bonds. The molecular weight excluding hydrogens is 786 g/mol. The quantitative estimate of drug-likeness (QED) is 0.0222. The van der Waals surface area contributed by atoms with Crippen molar-refractivity contribution in [1.29, 1.82) is 0 Å². The van der Waals surface area contributed by atoms with Crippen molar-refractivity contribution < 1.29 is 63.6 Å². The third-order valence-corrected chi connectivity index (χ3v) is 8.17. The Morgan fingerprint density at radius 3 is 1.80 bits per heavy atom. The minimum Gasteiger partial charge on any atom is -0.481 e. The lowest BCUT2D eigenvalue weighted by atomic mass is 10.0. The lowest BCUT2D eigenvalue weighted by molar-refractivity contribution is -0.144. The number of guanidine groups is 1. The van der Waals surface area contributed by atoms with E-state index >= 15 is 0 Å². The van der Waals surface area contributed by atoms with Crippen LogP contribution in [-0.4, -0.2) is 151 Å². The van der Waals surface area contributed by atoms with Gasteiger partial charge in [-0.25, -0.2) is 9.78 Å². The Morgan fingerprint density at radius 2 is 1.29 bits per heavy atom. The third-order valence-electron chi connectivity index (χ3n) is 8.17. The fourth-order valence-corrected chi connectivity index (χ4v) is 5.17. The number of rotatable bonds is 27. The summed E-state index contributed by atoms with van der Waals surface area (Å²) in [5.41, 5.74) is 21.7. The number of nitrogens with two attached hydrogens (primary N) is 4. The van der Waals surface area contributed by atoms with Crippen LogP contribution in [0, 0.1) is 5.92 Å². The summed E-state index contributed by atoms with van der Waals surface area (Å²) in [6.45, 7) is 3.64. The molecule has 0 radical (unpaired) electrons. The summed E-state index contributed by atoms with van der Waals surface area (Å²) in [7, 11) is 0. The molecule has 0 unspecified atom stereocenters. The number of nitrogens with one attached hydrogen (secondary N) is 7. The Bertz CT molecular complexity index is 1650. The lowest BCUT2D eigenvalue weighted by Gasteiger charge is -2.28. The van der Waals surface area contributed by atoms with Crippen LogP contribution in [0.4, 0.5) is 0 Å². The number of aliphatic hydroxyl groups excluding tert-OH is 2. The Kier molecular flexibility index (Phi) is 21.5. The molecular formula is C33H55N13O13. The number of carbonyl (C=O) groups is 9. The maximum absolute atomic E-state index is 13.8. The lowest BCUT2D eigenvalue weighted by Crippen LogP contribution is -2.61. The van der Waals surface area contributed by atoms with Crippen LogP contribution in [0.1, 0.15) is 58.6 Å². The van der Waals surface area contributed by atoms with Crippen molar-refractivity contribution in [2.75, 3.05) is 13.2 Å². The molecule has 0 fully saturated rings. The normalized spacial score (nSPS) is 15.0. The molecule has 0 aromatic carbocycles. The average molecular weight is 842 g/mol. The van der Waals surface area contributed by atoms with E-state index in [4.69, 9.17) is 22.9 Å². The first-order chi connectivity index (χ1) is 27.5. The first-order valence-corrected chi connectivity index (χ1v) is 18.2. The van der Waals surface area contributed by atoms with Crippen LogP contribution >= 0.6 is 0 Å². The molecule has 1 aromatic heterocycles. The Balaban J connectivity index is 3.29. The zero-order valence-corrected chi connectivity index (χ0v) is 32.7. The first kappa shape index (κ1) is 50.6. The van der Waals surface area contributed by atoms with E-state index in [2.05, 4.69) is 41.5 Å². The number of aromatic amines is 1. The van der Waals surface area contributed by atoms with Gasteiger partial charge in [0.1, 0.15) is 36.3 Å². The summed E-state index contributed by atoms with van der Waals surface area (Å²) in [5, 5.41) is 52.5. The van der Waals surface area contributed by atoms with Crippen LogP contribution in [0.5, 0.6) is 0 Å². The number of aromatic nitrogens is 2.